The van der Waals surface area contributed by atoms with Gasteiger partial charge in [-0.1, -0.05) is 6.07 Å². The molecule has 0 radical (unpaired) electrons. The van der Waals surface area contributed by atoms with E-state index >= 15 is 0 Å². The Balaban J connectivity index is 2.95. The van der Waals surface area contributed by atoms with Gasteiger partial charge in [0.15, 0.2) is 0 Å². The summed E-state index contributed by atoms with van der Waals surface area (Å²) in [7, 11) is 0. The standard InChI is InChI=1S/C8H7NO3/c10-7-3-1-2-6-5(7)4-8(11)9(6)12/h1-4,10-12H. The van der Waals surface area contributed by atoms with Crippen LogP contribution >= 0.6 is 0 Å². The van der Waals surface area contributed by atoms with Crippen LogP contribution in [0.2, 0.25) is 0 Å². The van der Waals surface area contributed by atoms with Crippen molar-refractivity contribution in [1.82, 2.24) is 4.73 Å². The van der Waals surface area contributed by atoms with Crippen molar-refractivity contribution >= 4 is 10.9 Å². The molecule has 0 fully saturated rings. The van der Waals surface area contributed by atoms with Gasteiger partial charge >= 0.3 is 0 Å². The van der Waals surface area contributed by atoms with Gasteiger partial charge in [0.05, 0.1) is 5.52 Å². The van der Waals surface area contributed by atoms with Crippen LogP contribution in [0.15, 0.2) is 24.3 Å². The van der Waals surface area contributed by atoms with E-state index in [1.165, 1.54) is 12.1 Å². The van der Waals surface area contributed by atoms with E-state index in [0.29, 0.717) is 15.6 Å². The first kappa shape index (κ1) is 6.84. The minimum Gasteiger partial charge on any atom is -0.507 e. The zero-order chi connectivity index (χ0) is 8.72. The van der Waals surface area contributed by atoms with Crippen molar-refractivity contribution in [2.75, 3.05) is 0 Å². The SMILES string of the molecule is Oc1cccc2c1cc(O)n2O. The molecule has 2 rings (SSSR count). The molecule has 3 N–H and O–H groups in total. The summed E-state index contributed by atoms with van der Waals surface area (Å²) < 4.78 is 0.620. The summed E-state index contributed by atoms with van der Waals surface area (Å²) in [6.45, 7) is 0. The second kappa shape index (κ2) is 2.07. The van der Waals surface area contributed by atoms with Crippen LogP contribution < -0.4 is 0 Å². The number of rotatable bonds is 0. The van der Waals surface area contributed by atoms with Crippen LogP contribution in [0.4, 0.5) is 0 Å². The van der Waals surface area contributed by atoms with E-state index in [-0.39, 0.29) is 11.6 Å². The van der Waals surface area contributed by atoms with Gasteiger partial charge in [0.25, 0.3) is 0 Å². The molecule has 12 heavy (non-hydrogen) atoms. The molecule has 4 heteroatoms. The van der Waals surface area contributed by atoms with Crippen molar-refractivity contribution in [3.63, 3.8) is 0 Å². The fourth-order valence-electron chi connectivity index (χ4n) is 1.19. The quantitative estimate of drug-likeness (QED) is 0.515. The van der Waals surface area contributed by atoms with Gasteiger partial charge in [-0.3, -0.25) is 0 Å². The summed E-state index contributed by atoms with van der Waals surface area (Å²) in [5, 5.41) is 27.9. The lowest BCUT2D eigenvalue weighted by molar-refractivity contribution is 0.167. The highest BCUT2D eigenvalue weighted by molar-refractivity contribution is 5.87. The predicted molar refractivity (Wildman–Crippen MR) is 42.5 cm³/mol. The lowest BCUT2D eigenvalue weighted by Gasteiger charge is -1.95. The lowest BCUT2D eigenvalue weighted by atomic mass is 10.2. The molecule has 0 bridgehead atoms. The van der Waals surface area contributed by atoms with Crippen molar-refractivity contribution < 1.29 is 15.4 Å². The van der Waals surface area contributed by atoms with Gasteiger partial charge in [-0.15, -0.1) is 0 Å². The Hall–Kier alpha value is -1.84. The maximum Gasteiger partial charge on any atom is 0.226 e. The molecule has 0 saturated heterocycles. The number of nitrogens with zero attached hydrogens (tertiary/aromatic N) is 1. The van der Waals surface area contributed by atoms with Crippen molar-refractivity contribution in [3.8, 4) is 11.6 Å². The zero-order valence-corrected chi connectivity index (χ0v) is 6.10. The summed E-state index contributed by atoms with van der Waals surface area (Å²) >= 11 is 0. The van der Waals surface area contributed by atoms with E-state index in [0.717, 1.165) is 0 Å². The first-order valence-corrected chi connectivity index (χ1v) is 3.42. The van der Waals surface area contributed by atoms with Crippen molar-refractivity contribution in [1.29, 1.82) is 0 Å². The normalized spacial score (nSPS) is 10.7. The van der Waals surface area contributed by atoms with Crippen molar-refractivity contribution in [2.24, 2.45) is 0 Å². The second-order valence-electron chi connectivity index (χ2n) is 2.52. The molecule has 0 atom stereocenters. The van der Waals surface area contributed by atoms with E-state index in [4.69, 9.17) is 5.11 Å². The van der Waals surface area contributed by atoms with Gasteiger partial charge in [-0.05, 0) is 12.1 Å². The molecule has 0 aliphatic rings. The van der Waals surface area contributed by atoms with Crippen LogP contribution in [0.25, 0.3) is 10.9 Å². The van der Waals surface area contributed by atoms with Gasteiger partial charge in [0, 0.05) is 11.5 Å². The molecule has 2 aromatic rings. The molecule has 0 saturated carbocycles. The molecule has 4 nitrogen and oxygen atoms in total. The van der Waals surface area contributed by atoms with Crippen LogP contribution in [0, 0.1) is 0 Å². The van der Waals surface area contributed by atoms with Crippen LogP contribution in [0.1, 0.15) is 0 Å². The molecule has 0 amide bonds. The first-order valence-electron chi connectivity index (χ1n) is 3.42. The fourth-order valence-corrected chi connectivity index (χ4v) is 1.19. The maximum absolute atomic E-state index is 9.27. The number of fused-ring (bicyclic) bond motifs is 1. The molecule has 0 spiro atoms. The smallest absolute Gasteiger partial charge is 0.226 e. The minimum atomic E-state index is -0.286. The molecule has 0 aliphatic heterocycles. The second-order valence-corrected chi connectivity index (χ2v) is 2.52. The van der Waals surface area contributed by atoms with E-state index in [2.05, 4.69) is 0 Å². The van der Waals surface area contributed by atoms with Gasteiger partial charge in [-0.2, -0.15) is 4.73 Å². The maximum atomic E-state index is 9.27. The number of phenolic OH excluding ortho intramolecular Hbond substituents is 1. The third-order valence-electron chi connectivity index (χ3n) is 1.78. The number of aromatic nitrogens is 1. The third kappa shape index (κ3) is 0.717. The molecular formula is C8H7NO3. The van der Waals surface area contributed by atoms with Crippen molar-refractivity contribution in [3.05, 3.63) is 24.3 Å². The van der Waals surface area contributed by atoms with Crippen LogP contribution in [-0.4, -0.2) is 20.2 Å². The van der Waals surface area contributed by atoms with Gasteiger partial charge in [0.1, 0.15) is 5.75 Å². The summed E-state index contributed by atoms with van der Waals surface area (Å²) in [6.07, 6.45) is 0. The Kier molecular flexibility index (Phi) is 1.18. The lowest BCUT2D eigenvalue weighted by Crippen LogP contribution is -1.86. The van der Waals surface area contributed by atoms with E-state index < -0.39 is 0 Å². The van der Waals surface area contributed by atoms with E-state index in [1.54, 1.807) is 12.1 Å². The summed E-state index contributed by atoms with van der Waals surface area (Å²) in [6, 6.07) is 5.96. The van der Waals surface area contributed by atoms with Crippen LogP contribution in [0.3, 0.4) is 0 Å². The van der Waals surface area contributed by atoms with Gasteiger partial charge < -0.3 is 15.4 Å². The Morgan fingerprint density at radius 3 is 2.58 bits per heavy atom. The number of benzene rings is 1. The van der Waals surface area contributed by atoms with E-state index in [9.17, 15) is 10.3 Å². The Morgan fingerprint density at radius 2 is 1.92 bits per heavy atom. The molecular weight excluding hydrogens is 158 g/mol. The molecule has 1 aromatic carbocycles. The van der Waals surface area contributed by atoms with Crippen molar-refractivity contribution in [2.45, 2.75) is 0 Å². The fraction of sp³-hybridized carbons (Fsp3) is 0. The van der Waals surface area contributed by atoms with Crippen LogP contribution in [0.5, 0.6) is 11.6 Å². The zero-order valence-electron chi connectivity index (χ0n) is 6.10. The summed E-state index contributed by atoms with van der Waals surface area (Å²) in [5.74, 6) is -0.248. The highest BCUT2D eigenvalue weighted by Crippen LogP contribution is 2.29. The largest absolute Gasteiger partial charge is 0.507 e. The number of hydrogen-bond acceptors (Lipinski definition) is 3. The Bertz CT molecular complexity index is 433. The number of aromatic hydroxyl groups is 2. The number of phenols is 1. The van der Waals surface area contributed by atoms with Gasteiger partial charge in [-0.25, -0.2) is 0 Å². The Labute approximate surface area is 67.9 Å². The molecule has 1 heterocycles. The average Bonchev–Trinajstić information content (AvgIpc) is 2.32. The predicted octanol–water partition coefficient (Wildman–Crippen LogP) is 1.29. The van der Waals surface area contributed by atoms with Gasteiger partial charge in [0.2, 0.25) is 5.88 Å². The Morgan fingerprint density at radius 1 is 1.17 bits per heavy atom. The monoisotopic (exact) mass is 165 g/mol. The summed E-state index contributed by atoms with van der Waals surface area (Å²) in [5.41, 5.74) is 0.382. The topological polar surface area (TPSA) is 65.6 Å². The number of hydrogen-bond donors (Lipinski definition) is 3. The van der Waals surface area contributed by atoms with Crippen LogP contribution in [-0.2, 0) is 0 Å². The molecule has 62 valence electrons. The first-order chi connectivity index (χ1) is 5.70. The third-order valence-corrected chi connectivity index (χ3v) is 1.78. The van der Waals surface area contributed by atoms with E-state index in [1.807, 2.05) is 0 Å². The summed E-state index contributed by atoms with van der Waals surface area (Å²) in [4.78, 5) is 0. The molecule has 0 aliphatic carbocycles. The highest BCUT2D eigenvalue weighted by Gasteiger charge is 2.08. The average molecular weight is 165 g/mol. The highest BCUT2D eigenvalue weighted by atomic mass is 16.5. The molecule has 1 aromatic heterocycles. The molecule has 0 unspecified atom stereocenters. The minimum absolute atomic E-state index is 0.0376.